The first-order chi connectivity index (χ1) is 10.4. The maximum atomic E-state index is 12.5. The van der Waals surface area contributed by atoms with Crippen LogP contribution in [0.4, 0.5) is 0 Å². The molecule has 1 aliphatic rings. The zero-order chi connectivity index (χ0) is 15.9. The van der Waals surface area contributed by atoms with Gasteiger partial charge < -0.3 is 4.90 Å². The molecule has 2 heterocycles. The number of nitrogens with zero attached hydrogens (tertiary/aromatic N) is 2. The summed E-state index contributed by atoms with van der Waals surface area (Å²) >= 11 is 0. The highest BCUT2D eigenvalue weighted by atomic mass is 16.2. The number of fused-ring (bicyclic) bond motifs is 1. The lowest BCUT2D eigenvalue weighted by atomic mass is 9.93. The molecular formula is C16H19N3O3. The van der Waals surface area contributed by atoms with Crippen LogP contribution in [0.5, 0.6) is 0 Å². The number of amides is 1. The molecule has 1 aromatic carbocycles. The van der Waals surface area contributed by atoms with Crippen LogP contribution in [0.3, 0.4) is 0 Å². The number of carbonyl (C=O) groups is 1. The van der Waals surface area contributed by atoms with Crippen LogP contribution in [0, 0.1) is 5.41 Å². The predicted molar refractivity (Wildman–Crippen MR) is 83.8 cm³/mol. The molecule has 2 aromatic rings. The third-order valence-electron chi connectivity index (χ3n) is 4.23. The fraction of sp³-hybridized carbons (Fsp3) is 0.438. The molecule has 1 saturated heterocycles. The number of hydrogen-bond acceptors (Lipinski definition) is 3. The monoisotopic (exact) mass is 301 g/mol. The Morgan fingerprint density at radius 2 is 2.00 bits per heavy atom. The molecule has 1 aromatic heterocycles. The molecule has 1 fully saturated rings. The average Bonchev–Trinajstić information content (AvgIpc) is 2.83. The van der Waals surface area contributed by atoms with E-state index in [9.17, 15) is 14.4 Å². The highest BCUT2D eigenvalue weighted by Gasteiger charge is 2.32. The number of aromatic nitrogens is 2. The van der Waals surface area contributed by atoms with Crippen LogP contribution in [0.25, 0.3) is 10.9 Å². The summed E-state index contributed by atoms with van der Waals surface area (Å²) < 4.78 is 1.34. The zero-order valence-corrected chi connectivity index (χ0v) is 12.8. The molecule has 0 aliphatic carbocycles. The largest absolute Gasteiger partial charge is 0.341 e. The molecule has 0 spiro atoms. The zero-order valence-electron chi connectivity index (χ0n) is 12.8. The Morgan fingerprint density at radius 1 is 1.27 bits per heavy atom. The molecule has 22 heavy (non-hydrogen) atoms. The van der Waals surface area contributed by atoms with Gasteiger partial charge in [0.15, 0.2) is 0 Å². The number of carbonyl (C=O) groups excluding carboxylic acids is 1. The minimum Gasteiger partial charge on any atom is -0.341 e. The lowest BCUT2D eigenvalue weighted by Gasteiger charge is -2.20. The third kappa shape index (κ3) is 2.56. The summed E-state index contributed by atoms with van der Waals surface area (Å²) in [4.78, 5) is 40.4. The molecule has 0 atom stereocenters. The Morgan fingerprint density at radius 3 is 2.68 bits per heavy atom. The van der Waals surface area contributed by atoms with Gasteiger partial charge in [0.25, 0.3) is 5.56 Å². The summed E-state index contributed by atoms with van der Waals surface area (Å²) in [6, 6.07) is 6.82. The standard InChI is InChI=1S/C16H19N3O3/c1-16(2)7-8-18(10-16)13(20)9-19-12-6-4-3-5-11(12)14(21)17-15(19)22/h3-6H,7-10H2,1-2H3,(H,17,21,22). The molecular weight excluding hydrogens is 282 g/mol. The topological polar surface area (TPSA) is 75.2 Å². The Kier molecular flexibility index (Phi) is 3.39. The van der Waals surface area contributed by atoms with Gasteiger partial charge in [-0.05, 0) is 24.0 Å². The first-order valence-corrected chi connectivity index (χ1v) is 7.37. The van der Waals surface area contributed by atoms with Gasteiger partial charge in [-0.1, -0.05) is 26.0 Å². The molecule has 0 bridgehead atoms. The smallest absolute Gasteiger partial charge is 0.329 e. The van der Waals surface area contributed by atoms with Crippen LogP contribution in [-0.4, -0.2) is 33.4 Å². The van der Waals surface area contributed by atoms with Gasteiger partial charge in [0.1, 0.15) is 6.54 Å². The van der Waals surface area contributed by atoms with Gasteiger partial charge in [0.05, 0.1) is 10.9 Å². The van der Waals surface area contributed by atoms with E-state index in [1.165, 1.54) is 4.57 Å². The van der Waals surface area contributed by atoms with E-state index in [2.05, 4.69) is 18.8 Å². The van der Waals surface area contributed by atoms with Crippen molar-refractivity contribution in [3.05, 3.63) is 45.1 Å². The summed E-state index contributed by atoms with van der Waals surface area (Å²) in [5, 5.41) is 0.414. The van der Waals surface area contributed by atoms with E-state index in [4.69, 9.17) is 0 Å². The normalized spacial score (nSPS) is 17.1. The van der Waals surface area contributed by atoms with E-state index in [1.807, 2.05) is 0 Å². The third-order valence-corrected chi connectivity index (χ3v) is 4.23. The van der Waals surface area contributed by atoms with Crippen molar-refractivity contribution in [1.82, 2.24) is 14.5 Å². The SMILES string of the molecule is CC1(C)CCN(C(=O)Cn2c(=O)[nH]c(=O)c3ccccc32)C1. The highest BCUT2D eigenvalue weighted by molar-refractivity contribution is 5.81. The quantitative estimate of drug-likeness (QED) is 0.897. The summed E-state index contributed by atoms with van der Waals surface area (Å²) in [7, 11) is 0. The number of aromatic amines is 1. The fourth-order valence-corrected chi connectivity index (χ4v) is 2.96. The van der Waals surface area contributed by atoms with Crippen LogP contribution >= 0.6 is 0 Å². The molecule has 1 N–H and O–H groups in total. The molecule has 0 saturated carbocycles. The average molecular weight is 301 g/mol. The molecule has 0 unspecified atom stereocenters. The van der Waals surface area contributed by atoms with E-state index in [-0.39, 0.29) is 17.9 Å². The summed E-state index contributed by atoms with van der Waals surface area (Å²) in [6.07, 6.45) is 0.958. The van der Waals surface area contributed by atoms with Crippen LogP contribution < -0.4 is 11.2 Å². The van der Waals surface area contributed by atoms with E-state index in [0.717, 1.165) is 6.42 Å². The van der Waals surface area contributed by atoms with Gasteiger partial charge in [0.2, 0.25) is 5.91 Å². The maximum Gasteiger partial charge on any atom is 0.329 e. The van der Waals surface area contributed by atoms with E-state index in [1.54, 1.807) is 29.2 Å². The molecule has 116 valence electrons. The minimum absolute atomic E-state index is 0.0494. The summed E-state index contributed by atoms with van der Waals surface area (Å²) in [5.41, 5.74) is -0.363. The molecule has 1 aliphatic heterocycles. The predicted octanol–water partition coefficient (Wildman–Crippen LogP) is 0.948. The van der Waals surface area contributed by atoms with Crippen molar-refractivity contribution in [2.75, 3.05) is 13.1 Å². The van der Waals surface area contributed by atoms with Gasteiger partial charge >= 0.3 is 5.69 Å². The van der Waals surface area contributed by atoms with Gasteiger partial charge in [-0.3, -0.25) is 19.1 Å². The molecule has 6 nitrogen and oxygen atoms in total. The molecule has 1 amide bonds. The molecule has 0 radical (unpaired) electrons. The lowest BCUT2D eigenvalue weighted by Crippen LogP contribution is -2.38. The Balaban J connectivity index is 1.96. The number of H-pyrrole nitrogens is 1. The van der Waals surface area contributed by atoms with E-state index >= 15 is 0 Å². The van der Waals surface area contributed by atoms with Gasteiger partial charge in [0, 0.05) is 13.1 Å². The first-order valence-electron chi connectivity index (χ1n) is 7.37. The van der Waals surface area contributed by atoms with Crippen molar-refractivity contribution < 1.29 is 4.79 Å². The minimum atomic E-state index is -0.546. The van der Waals surface area contributed by atoms with Crippen molar-refractivity contribution >= 4 is 16.8 Å². The van der Waals surface area contributed by atoms with E-state index in [0.29, 0.717) is 24.0 Å². The highest BCUT2D eigenvalue weighted by Crippen LogP contribution is 2.28. The molecule has 3 rings (SSSR count). The first kappa shape index (κ1) is 14.6. The number of benzene rings is 1. The van der Waals surface area contributed by atoms with Gasteiger partial charge in [-0.15, -0.1) is 0 Å². The van der Waals surface area contributed by atoms with Crippen molar-refractivity contribution in [1.29, 1.82) is 0 Å². The number of hydrogen-bond donors (Lipinski definition) is 1. The van der Waals surface area contributed by atoms with Crippen molar-refractivity contribution in [3.8, 4) is 0 Å². The lowest BCUT2D eigenvalue weighted by molar-refractivity contribution is -0.131. The van der Waals surface area contributed by atoms with Crippen molar-refractivity contribution in [2.24, 2.45) is 5.41 Å². The Labute approximate surface area is 127 Å². The van der Waals surface area contributed by atoms with E-state index < -0.39 is 11.2 Å². The number of rotatable bonds is 2. The van der Waals surface area contributed by atoms with Gasteiger partial charge in [-0.25, -0.2) is 4.79 Å². The van der Waals surface area contributed by atoms with Gasteiger partial charge in [-0.2, -0.15) is 0 Å². The number of nitrogens with one attached hydrogen (secondary N) is 1. The number of likely N-dealkylation sites (tertiary alicyclic amines) is 1. The van der Waals surface area contributed by atoms with Crippen LogP contribution in [0.15, 0.2) is 33.9 Å². The number of para-hydroxylation sites is 1. The van der Waals surface area contributed by atoms with Crippen LogP contribution in [0.2, 0.25) is 0 Å². The fourth-order valence-electron chi connectivity index (χ4n) is 2.96. The van der Waals surface area contributed by atoms with Crippen molar-refractivity contribution in [3.63, 3.8) is 0 Å². The summed E-state index contributed by atoms with van der Waals surface area (Å²) in [6.45, 7) is 5.61. The maximum absolute atomic E-state index is 12.5. The van der Waals surface area contributed by atoms with Crippen molar-refractivity contribution in [2.45, 2.75) is 26.8 Å². The molecule has 6 heteroatoms. The Bertz CT molecular complexity index is 848. The second-order valence-corrected chi connectivity index (χ2v) is 6.59. The van der Waals surface area contributed by atoms with Crippen LogP contribution in [0.1, 0.15) is 20.3 Å². The summed E-state index contributed by atoms with van der Waals surface area (Å²) in [5.74, 6) is -0.0927. The van der Waals surface area contributed by atoms with Crippen LogP contribution in [-0.2, 0) is 11.3 Å². The second-order valence-electron chi connectivity index (χ2n) is 6.59. The second kappa shape index (κ2) is 5.12. The Hall–Kier alpha value is -2.37.